The molecule has 1 aliphatic heterocycles. The lowest BCUT2D eigenvalue weighted by atomic mass is 10.2. The van der Waals surface area contributed by atoms with Crippen LogP contribution in [0.15, 0.2) is 0 Å². The molecule has 0 aromatic heterocycles. The second kappa shape index (κ2) is 6.23. The number of nitrogens with two attached hydrogens (primary N) is 1. The number of rotatable bonds is 4. The molecule has 1 heterocycles. The topological polar surface area (TPSA) is 84.7 Å². The van der Waals surface area contributed by atoms with E-state index in [0.29, 0.717) is 19.5 Å². The summed E-state index contributed by atoms with van der Waals surface area (Å²) in [7, 11) is 0. The summed E-state index contributed by atoms with van der Waals surface area (Å²) in [5.41, 5.74) is 4.68. The van der Waals surface area contributed by atoms with Gasteiger partial charge in [-0.2, -0.15) is 0 Å². The van der Waals surface area contributed by atoms with Crippen molar-refractivity contribution < 1.29 is 14.3 Å². The molecule has 6 heteroatoms. The lowest BCUT2D eigenvalue weighted by Crippen LogP contribution is -2.42. The first-order valence-electron chi connectivity index (χ1n) is 6.69. The predicted octanol–water partition coefficient (Wildman–Crippen LogP) is 0.849. The van der Waals surface area contributed by atoms with Gasteiger partial charge in [-0.1, -0.05) is 0 Å². The summed E-state index contributed by atoms with van der Waals surface area (Å²) in [5.74, 6) is -0.318. The molecule has 2 atom stereocenters. The fourth-order valence-electron chi connectivity index (χ4n) is 2.15. The third-order valence-corrected chi connectivity index (χ3v) is 2.87. The largest absolute Gasteiger partial charge is 0.444 e. The van der Waals surface area contributed by atoms with E-state index in [1.54, 1.807) is 4.90 Å². The summed E-state index contributed by atoms with van der Waals surface area (Å²) in [6.45, 7) is 8.76. The second-order valence-corrected chi connectivity index (χ2v) is 6.15. The highest BCUT2D eigenvalue weighted by Gasteiger charge is 2.30. The van der Waals surface area contributed by atoms with Crippen LogP contribution < -0.4 is 11.1 Å². The van der Waals surface area contributed by atoms with E-state index in [2.05, 4.69) is 5.32 Å². The van der Waals surface area contributed by atoms with Gasteiger partial charge in [0.15, 0.2) is 0 Å². The predicted molar refractivity (Wildman–Crippen MR) is 72.6 cm³/mol. The van der Waals surface area contributed by atoms with Crippen LogP contribution in [0.3, 0.4) is 0 Å². The van der Waals surface area contributed by atoms with Crippen LogP contribution in [0, 0.1) is 0 Å². The third kappa shape index (κ3) is 5.92. The van der Waals surface area contributed by atoms with Gasteiger partial charge in [0.25, 0.3) is 0 Å². The van der Waals surface area contributed by atoms with Gasteiger partial charge in [0.05, 0.1) is 0 Å². The Morgan fingerprint density at radius 1 is 1.47 bits per heavy atom. The lowest BCUT2D eigenvalue weighted by Gasteiger charge is -2.25. The molecule has 1 fully saturated rings. The van der Waals surface area contributed by atoms with Crippen LogP contribution >= 0.6 is 0 Å². The first-order chi connectivity index (χ1) is 8.67. The molecule has 2 amide bonds. The molecule has 0 aromatic carbocycles. The molecule has 0 spiro atoms. The highest BCUT2D eigenvalue weighted by Crippen LogP contribution is 2.15. The smallest absolute Gasteiger partial charge is 0.410 e. The molecular formula is C13H25N3O3. The zero-order valence-corrected chi connectivity index (χ0v) is 12.2. The van der Waals surface area contributed by atoms with Crippen molar-refractivity contribution in [1.82, 2.24) is 10.2 Å². The van der Waals surface area contributed by atoms with Gasteiger partial charge in [-0.25, -0.2) is 4.79 Å². The minimum Gasteiger partial charge on any atom is -0.444 e. The Hall–Kier alpha value is -1.30. The Morgan fingerprint density at radius 2 is 2.11 bits per heavy atom. The van der Waals surface area contributed by atoms with Gasteiger partial charge in [0.2, 0.25) is 5.91 Å². The van der Waals surface area contributed by atoms with E-state index in [1.807, 2.05) is 27.7 Å². The average Bonchev–Trinajstić information content (AvgIpc) is 2.61. The van der Waals surface area contributed by atoms with Crippen molar-refractivity contribution >= 4 is 12.0 Å². The summed E-state index contributed by atoms with van der Waals surface area (Å²) >= 11 is 0. The Kier molecular flexibility index (Phi) is 5.17. The van der Waals surface area contributed by atoms with Crippen LogP contribution in [0.2, 0.25) is 0 Å². The lowest BCUT2D eigenvalue weighted by molar-refractivity contribution is -0.118. The third-order valence-electron chi connectivity index (χ3n) is 2.87. The summed E-state index contributed by atoms with van der Waals surface area (Å²) in [6.07, 6.45) is 0.894. The first-order valence-corrected chi connectivity index (χ1v) is 6.69. The van der Waals surface area contributed by atoms with E-state index in [0.717, 1.165) is 6.42 Å². The van der Waals surface area contributed by atoms with Crippen molar-refractivity contribution in [3.8, 4) is 0 Å². The number of primary amides is 1. The SMILES string of the molecule is CC(CC(N)=O)NC1CCN(C(=O)OC(C)(C)C)C1. The van der Waals surface area contributed by atoms with Crippen LogP contribution in [-0.2, 0) is 9.53 Å². The minimum absolute atomic E-state index is 0.0288. The molecule has 6 nitrogen and oxygen atoms in total. The van der Waals surface area contributed by atoms with Crippen molar-refractivity contribution in [2.75, 3.05) is 13.1 Å². The maximum atomic E-state index is 11.9. The number of nitrogens with one attached hydrogen (secondary N) is 1. The van der Waals surface area contributed by atoms with Gasteiger partial charge in [-0.3, -0.25) is 4.79 Å². The van der Waals surface area contributed by atoms with Crippen LogP contribution in [0.5, 0.6) is 0 Å². The van der Waals surface area contributed by atoms with Crippen LogP contribution in [0.25, 0.3) is 0 Å². The molecule has 0 aliphatic carbocycles. The van der Waals surface area contributed by atoms with E-state index in [4.69, 9.17) is 10.5 Å². The van der Waals surface area contributed by atoms with Crippen molar-refractivity contribution in [3.05, 3.63) is 0 Å². The second-order valence-electron chi connectivity index (χ2n) is 6.15. The number of hydrogen-bond donors (Lipinski definition) is 2. The molecule has 0 bridgehead atoms. The van der Waals surface area contributed by atoms with Gasteiger partial charge < -0.3 is 20.7 Å². The van der Waals surface area contributed by atoms with Crippen molar-refractivity contribution in [3.63, 3.8) is 0 Å². The summed E-state index contributed by atoms with van der Waals surface area (Å²) in [5, 5.41) is 3.31. The van der Waals surface area contributed by atoms with Gasteiger partial charge in [-0.05, 0) is 34.1 Å². The summed E-state index contributed by atoms with van der Waals surface area (Å²) in [4.78, 5) is 24.4. The standard InChI is InChI=1S/C13H25N3O3/c1-9(7-11(14)17)15-10-5-6-16(8-10)12(18)19-13(2,3)4/h9-10,15H,5-8H2,1-4H3,(H2,14,17). The zero-order valence-electron chi connectivity index (χ0n) is 12.2. The monoisotopic (exact) mass is 271 g/mol. The van der Waals surface area contributed by atoms with Crippen molar-refractivity contribution in [1.29, 1.82) is 0 Å². The Morgan fingerprint density at radius 3 is 2.63 bits per heavy atom. The van der Waals surface area contributed by atoms with E-state index in [1.165, 1.54) is 0 Å². The van der Waals surface area contributed by atoms with Gasteiger partial charge in [-0.15, -0.1) is 0 Å². The first kappa shape index (κ1) is 15.8. The fraction of sp³-hybridized carbons (Fsp3) is 0.846. The molecule has 3 N–H and O–H groups in total. The molecule has 0 radical (unpaired) electrons. The number of nitrogens with zero attached hydrogens (tertiary/aromatic N) is 1. The van der Waals surface area contributed by atoms with E-state index < -0.39 is 5.60 Å². The van der Waals surface area contributed by atoms with Gasteiger partial charge in [0, 0.05) is 31.6 Å². The van der Waals surface area contributed by atoms with Crippen molar-refractivity contribution in [2.45, 2.75) is 58.2 Å². The Labute approximate surface area is 114 Å². The molecule has 1 saturated heterocycles. The summed E-state index contributed by atoms with van der Waals surface area (Å²) in [6, 6.07) is 0.225. The number of carbonyl (C=O) groups excluding carboxylic acids is 2. The maximum absolute atomic E-state index is 11.9. The van der Waals surface area contributed by atoms with Crippen molar-refractivity contribution in [2.24, 2.45) is 5.73 Å². The molecule has 0 aromatic rings. The van der Waals surface area contributed by atoms with E-state index in [-0.39, 0.29) is 24.1 Å². The van der Waals surface area contributed by atoms with Crippen LogP contribution in [0.4, 0.5) is 4.79 Å². The Balaban J connectivity index is 2.37. The molecule has 2 unspecified atom stereocenters. The molecule has 0 saturated carbocycles. The van der Waals surface area contributed by atoms with E-state index in [9.17, 15) is 9.59 Å². The number of hydrogen-bond acceptors (Lipinski definition) is 4. The Bertz CT molecular complexity index is 339. The number of ether oxygens (including phenoxy) is 1. The maximum Gasteiger partial charge on any atom is 0.410 e. The highest BCUT2D eigenvalue weighted by atomic mass is 16.6. The summed E-state index contributed by atoms with van der Waals surface area (Å²) < 4.78 is 5.32. The molecular weight excluding hydrogens is 246 g/mol. The fourth-order valence-corrected chi connectivity index (χ4v) is 2.15. The molecule has 19 heavy (non-hydrogen) atoms. The normalized spacial score (nSPS) is 21.3. The molecule has 1 aliphatic rings. The quantitative estimate of drug-likeness (QED) is 0.794. The van der Waals surface area contributed by atoms with E-state index >= 15 is 0 Å². The van der Waals surface area contributed by atoms with Crippen LogP contribution in [-0.4, -0.2) is 47.7 Å². The average molecular weight is 271 g/mol. The van der Waals surface area contributed by atoms with Gasteiger partial charge in [0.1, 0.15) is 5.60 Å². The molecule has 1 rings (SSSR count). The zero-order chi connectivity index (χ0) is 14.6. The highest BCUT2D eigenvalue weighted by molar-refractivity contribution is 5.74. The van der Waals surface area contributed by atoms with Gasteiger partial charge >= 0.3 is 6.09 Å². The number of likely N-dealkylation sites (tertiary alicyclic amines) is 1. The number of amides is 2. The number of carbonyl (C=O) groups is 2. The molecule has 110 valence electrons. The van der Waals surface area contributed by atoms with Crippen LogP contribution in [0.1, 0.15) is 40.5 Å². The minimum atomic E-state index is -0.470.